The van der Waals surface area contributed by atoms with Crippen molar-refractivity contribution in [2.24, 2.45) is 5.41 Å². The number of hydrogen-bond donors (Lipinski definition) is 2. The Balaban J connectivity index is 2.11. The van der Waals surface area contributed by atoms with Gasteiger partial charge >= 0.3 is 5.97 Å². The van der Waals surface area contributed by atoms with E-state index in [1.54, 1.807) is 11.3 Å². The highest BCUT2D eigenvalue weighted by Gasteiger charge is 2.44. The van der Waals surface area contributed by atoms with Gasteiger partial charge in [-0.1, -0.05) is 6.07 Å². The second-order valence-corrected chi connectivity index (χ2v) is 4.48. The molecule has 1 saturated heterocycles. The fourth-order valence-electron chi connectivity index (χ4n) is 1.53. The molecule has 1 aliphatic rings. The number of nitrogens with one attached hydrogen (secondary N) is 1. The van der Waals surface area contributed by atoms with E-state index < -0.39 is 11.4 Å². The summed E-state index contributed by atoms with van der Waals surface area (Å²) in [6.07, 6.45) is 0.660. The lowest BCUT2D eigenvalue weighted by Gasteiger charge is -2.38. The minimum atomic E-state index is -0.681. The summed E-state index contributed by atoms with van der Waals surface area (Å²) in [6, 6.07) is 3.95. The van der Waals surface area contributed by atoms with Gasteiger partial charge in [-0.2, -0.15) is 0 Å². The average molecular weight is 197 g/mol. The maximum absolute atomic E-state index is 11.0. The highest BCUT2D eigenvalue weighted by Crippen LogP contribution is 2.29. The second kappa shape index (κ2) is 3.12. The first-order chi connectivity index (χ1) is 6.23. The molecule has 1 aliphatic heterocycles. The van der Waals surface area contributed by atoms with Gasteiger partial charge in [0.25, 0.3) is 0 Å². The van der Waals surface area contributed by atoms with Gasteiger partial charge in [0.05, 0.1) is 5.41 Å². The van der Waals surface area contributed by atoms with Crippen LogP contribution < -0.4 is 5.32 Å². The molecule has 1 aromatic heterocycles. The quantitative estimate of drug-likeness (QED) is 0.759. The molecule has 0 aliphatic carbocycles. The molecule has 3 nitrogen and oxygen atoms in total. The molecule has 4 heteroatoms. The lowest BCUT2D eigenvalue weighted by molar-refractivity contribution is -0.152. The van der Waals surface area contributed by atoms with Crippen LogP contribution in [0.1, 0.15) is 4.88 Å². The number of hydrogen-bond acceptors (Lipinski definition) is 3. The molecule has 1 aromatic rings. The molecular formula is C9H11NO2S. The zero-order chi connectivity index (χ0) is 9.31. The molecule has 0 radical (unpaired) electrons. The predicted molar refractivity (Wildman–Crippen MR) is 51.0 cm³/mol. The topological polar surface area (TPSA) is 49.3 Å². The maximum atomic E-state index is 11.0. The number of carbonyl (C=O) groups is 1. The van der Waals surface area contributed by atoms with Crippen LogP contribution >= 0.6 is 11.3 Å². The molecule has 2 rings (SSSR count). The molecule has 0 amide bonds. The van der Waals surface area contributed by atoms with E-state index in [4.69, 9.17) is 5.11 Å². The van der Waals surface area contributed by atoms with Crippen molar-refractivity contribution >= 4 is 17.3 Å². The fraction of sp³-hybridized carbons (Fsp3) is 0.444. The highest BCUT2D eigenvalue weighted by atomic mass is 32.1. The van der Waals surface area contributed by atoms with E-state index >= 15 is 0 Å². The summed E-state index contributed by atoms with van der Waals surface area (Å²) < 4.78 is 0. The number of aliphatic carboxylic acids is 1. The van der Waals surface area contributed by atoms with E-state index in [0.717, 1.165) is 4.88 Å². The van der Waals surface area contributed by atoms with Crippen LogP contribution in [0.2, 0.25) is 0 Å². The van der Waals surface area contributed by atoms with Gasteiger partial charge in [-0.15, -0.1) is 11.3 Å². The summed E-state index contributed by atoms with van der Waals surface area (Å²) in [5.74, 6) is -0.681. The Labute approximate surface area is 80.4 Å². The van der Waals surface area contributed by atoms with Crippen LogP contribution in [0.5, 0.6) is 0 Å². The van der Waals surface area contributed by atoms with Gasteiger partial charge in [0, 0.05) is 24.4 Å². The van der Waals surface area contributed by atoms with Crippen LogP contribution in [-0.4, -0.2) is 24.2 Å². The zero-order valence-electron chi connectivity index (χ0n) is 7.12. The minimum Gasteiger partial charge on any atom is -0.481 e. The molecule has 13 heavy (non-hydrogen) atoms. The Morgan fingerprint density at radius 3 is 2.85 bits per heavy atom. The van der Waals surface area contributed by atoms with Crippen molar-refractivity contribution in [2.45, 2.75) is 6.42 Å². The Kier molecular flexibility index (Phi) is 2.09. The van der Waals surface area contributed by atoms with Gasteiger partial charge in [0.15, 0.2) is 0 Å². The van der Waals surface area contributed by atoms with Crippen LogP contribution in [0.3, 0.4) is 0 Å². The van der Waals surface area contributed by atoms with Crippen LogP contribution in [0.25, 0.3) is 0 Å². The molecule has 1 fully saturated rings. The molecule has 0 spiro atoms. The Morgan fingerprint density at radius 2 is 2.46 bits per heavy atom. The van der Waals surface area contributed by atoms with Gasteiger partial charge < -0.3 is 10.4 Å². The smallest absolute Gasteiger partial charge is 0.312 e. The molecule has 2 N–H and O–H groups in total. The zero-order valence-corrected chi connectivity index (χ0v) is 7.93. The number of rotatable bonds is 3. The standard InChI is InChI=1S/C9H11NO2S/c11-8(12)9(5-10-6-9)4-7-2-1-3-13-7/h1-3,10H,4-6H2,(H,11,12). The third kappa shape index (κ3) is 1.47. The second-order valence-electron chi connectivity index (χ2n) is 3.45. The van der Waals surface area contributed by atoms with Gasteiger partial charge in [-0.25, -0.2) is 0 Å². The van der Waals surface area contributed by atoms with Gasteiger partial charge in [0.2, 0.25) is 0 Å². The summed E-state index contributed by atoms with van der Waals surface area (Å²) in [5.41, 5.74) is -0.537. The van der Waals surface area contributed by atoms with E-state index in [9.17, 15) is 4.79 Å². The normalized spacial score (nSPS) is 19.4. The molecule has 0 saturated carbocycles. The molecular weight excluding hydrogens is 186 g/mol. The first-order valence-electron chi connectivity index (χ1n) is 4.19. The predicted octanol–water partition coefficient (Wildman–Crippen LogP) is 0.965. The van der Waals surface area contributed by atoms with Crippen LogP contribution in [0.4, 0.5) is 0 Å². The molecule has 0 atom stereocenters. The van der Waals surface area contributed by atoms with Crippen molar-refractivity contribution in [3.8, 4) is 0 Å². The van der Waals surface area contributed by atoms with Gasteiger partial charge in [-0.05, 0) is 11.4 Å². The summed E-state index contributed by atoms with van der Waals surface area (Å²) in [4.78, 5) is 12.2. The van der Waals surface area contributed by atoms with Crippen LogP contribution in [0.15, 0.2) is 17.5 Å². The van der Waals surface area contributed by atoms with Crippen molar-refractivity contribution in [1.29, 1.82) is 0 Å². The van der Waals surface area contributed by atoms with Crippen molar-refractivity contribution in [3.05, 3.63) is 22.4 Å². The molecule has 2 heterocycles. The number of carboxylic acids is 1. The first-order valence-corrected chi connectivity index (χ1v) is 5.07. The van der Waals surface area contributed by atoms with Gasteiger partial charge in [0.1, 0.15) is 0 Å². The van der Waals surface area contributed by atoms with Crippen LogP contribution in [-0.2, 0) is 11.2 Å². The first kappa shape index (κ1) is 8.72. The van der Waals surface area contributed by atoms with Crippen molar-refractivity contribution in [3.63, 3.8) is 0 Å². The number of thiophene rings is 1. The Hall–Kier alpha value is -0.870. The summed E-state index contributed by atoms with van der Waals surface area (Å²) in [7, 11) is 0. The van der Waals surface area contributed by atoms with E-state index in [1.807, 2.05) is 17.5 Å². The van der Waals surface area contributed by atoms with E-state index in [-0.39, 0.29) is 0 Å². The Bertz CT molecular complexity index is 303. The summed E-state index contributed by atoms with van der Waals surface area (Å²) >= 11 is 1.63. The molecule has 70 valence electrons. The largest absolute Gasteiger partial charge is 0.481 e. The average Bonchev–Trinajstić information content (AvgIpc) is 2.47. The van der Waals surface area contributed by atoms with Crippen molar-refractivity contribution < 1.29 is 9.90 Å². The Morgan fingerprint density at radius 1 is 1.69 bits per heavy atom. The molecule has 0 unspecified atom stereocenters. The minimum absolute atomic E-state index is 0.537. The lowest BCUT2D eigenvalue weighted by atomic mass is 9.78. The molecule has 0 bridgehead atoms. The van der Waals surface area contributed by atoms with E-state index in [1.165, 1.54) is 0 Å². The lowest BCUT2D eigenvalue weighted by Crippen LogP contribution is -2.59. The highest BCUT2D eigenvalue weighted by molar-refractivity contribution is 7.09. The van der Waals surface area contributed by atoms with Crippen molar-refractivity contribution in [1.82, 2.24) is 5.32 Å². The van der Waals surface area contributed by atoms with E-state index in [0.29, 0.717) is 19.5 Å². The van der Waals surface area contributed by atoms with E-state index in [2.05, 4.69) is 5.32 Å². The monoisotopic (exact) mass is 197 g/mol. The maximum Gasteiger partial charge on any atom is 0.312 e. The third-order valence-corrected chi connectivity index (χ3v) is 3.35. The van der Waals surface area contributed by atoms with Gasteiger partial charge in [-0.3, -0.25) is 4.79 Å². The van der Waals surface area contributed by atoms with Crippen LogP contribution in [0, 0.1) is 5.41 Å². The third-order valence-electron chi connectivity index (χ3n) is 2.47. The summed E-state index contributed by atoms with van der Waals surface area (Å²) in [6.45, 7) is 1.19. The van der Waals surface area contributed by atoms with Crippen molar-refractivity contribution in [2.75, 3.05) is 13.1 Å². The SMILES string of the molecule is O=C(O)C1(Cc2cccs2)CNC1. The summed E-state index contributed by atoms with van der Waals surface area (Å²) in [5, 5.41) is 14.0. The number of carboxylic acid groups (broad SMARTS) is 1. The fourth-order valence-corrected chi connectivity index (χ4v) is 2.37. The molecule has 0 aromatic carbocycles.